The van der Waals surface area contributed by atoms with E-state index >= 15 is 0 Å². The molecule has 0 radical (unpaired) electrons. The molecular weight excluding hydrogens is 407 g/mol. The number of nitrogens with zero attached hydrogens (tertiary/aromatic N) is 4. The van der Waals surface area contributed by atoms with Crippen LogP contribution in [-0.2, 0) is 15.8 Å². The fraction of sp³-hybridized carbons (Fsp3) is 0.222. The number of hydrogen-bond donors (Lipinski definition) is 0. The molecular formula is C18H18Cl2N4O2S. The van der Waals surface area contributed by atoms with Crippen molar-refractivity contribution in [3.63, 3.8) is 0 Å². The Labute approximate surface area is 168 Å². The third kappa shape index (κ3) is 4.50. The van der Waals surface area contributed by atoms with Crippen LogP contribution in [0.2, 0.25) is 10.0 Å². The van der Waals surface area contributed by atoms with E-state index in [1.807, 2.05) is 31.2 Å². The van der Waals surface area contributed by atoms with Crippen molar-refractivity contribution >= 4 is 33.2 Å². The molecule has 0 aliphatic rings. The number of benzene rings is 2. The smallest absolute Gasteiger partial charge is 0.218 e. The fourth-order valence-electron chi connectivity index (χ4n) is 2.64. The lowest BCUT2D eigenvalue weighted by Gasteiger charge is -2.25. The highest BCUT2D eigenvalue weighted by atomic mass is 35.5. The van der Waals surface area contributed by atoms with E-state index in [9.17, 15) is 8.42 Å². The van der Waals surface area contributed by atoms with Crippen LogP contribution in [0.3, 0.4) is 0 Å². The zero-order chi connectivity index (χ0) is 19.6. The van der Waals surface area contributed by atoms with Gasteiger partial charge in [0.2, 0.25) is 10.0 Å². The summed E-state index contributed by atoms with van der Waals surface area (Å²) in [5.41, 5.74) is 2.31. The normalized spacial score (nSPS) is 13.1. The van der Waals surface area contributed by atoms with E-state index in [1.165, 1.54) is 10.6 Å². The first kappa shape index (κ1) is 19.8. The van der Waals surface area contributed by atoms with E-state index in [1.54, 1.807) is 36.3 Å². The van der Waals surface area contributed by atoms with Gasteiger partial charge in [0.05, 0.1) is 21.5 Å². The number of aromatic nitrogens is 3. The summed E-state index contributed by atoms with van der Waals surface area (Å²) in [6, 6.07) is 12.0. The molecule has 0 aliphatic carbocycles. The van der Waals surface area contributed by atoms with Crippen molar-refractivity contribution in [2.24, 2.45) is 0 Å². The number of rotatable bonds is 6. The standard InChI is InChI=1S/C18H18Cl2N4O2S/c1-13(15-4-6-16(7-5-15)24-12-21-11-22-24)23(2)27(25,26)10-14-3-8-17(19)18(20)9-14/h3-9,11-13H,10H2,1-2H3. The third-order valence-corrected chi connectivity index (χ3v) is 7.01. The van der Waals surface area contributed by atoms with Gasteiger partial charge >= 0.3 is 0 Å². The summed E-state index contributed by atoms with van der Waals surface area (Å²) in [7, 11) is -1.97. The molecule has 1 atom stereocenters. The quantitative estimate of drug-likeness (QED) is 0.597. The highest BCUT2D eigenvalue weighted by Crippen LogP contribution is 2.27. The van der Waals surface area contributed by atoms with Gasteiger partial charge in [-0.2, -0.15) is 9.40 Å². The Bertz CT molecular complexity index is 1020. The predicted molar refractivity (Wildman–Crippen MR) is 107 cm³/mol. The van der Waals surface area contributed by atoms with Gasteiger partial charge in [0.25, 0.3) is 0 Å². The van der Waals surface area contributed by atoms with Crippen molar-refractivity contribution in [3.05, 3.63) is 76.3 Å². The molecule has 1 unspecified atom stereocenters. The Morgan fingerprint density at radius 3 is 2.41 bits per heavy atom. The Morgan fingerprint density at radius 2 is 1.81 bits per heavy atom. The van der Waals surface area contributed by atoms with Crippen molar-refractivity contribution in [3.8, 4) is 5.69 Å². The Kier molecular flexibility index (Phi) is 5.86. The van der Waals surface area contributed by atoms with Gasteiger partial charge in [0.1, 0.15) is 12.7 Å². The van der Waals surface area contributed by atoms with E-state index in [2.05, 4.69) is 10.1 Å². The molecule has 0 amide bonds. The highest BCUT2D eigenvalue weighted by molar-refractivity contribution is 7.88. The van der Waals surface area contributed by atoms with Crippen molar-refractivity contribution < 1.29 is 8.42 Å². The topological polar surface area (TPSA) is 68.1 Å². The van der Waals surface area contributed by atoms with E-state index in [-0.39, 0.29) is 11.8 Å². The lowest BCUT2D eigenvalue weighted by atomic mass is 10.1. The average molecular weight is 425 g/mol. The average Bonchev–Trinajstić information content (AvgIpc) is 3.18. The molecule has 6 nitrogen and oxygen atoms in total. The monoisotopic (exact) mass is 424 g/mol. The fourth-order valence-corrected chi connectivity index (χ4v) is 4.37. The Balaban J connectivity index is 1.76. The molecule has 1 aromatic heterocycles. The maximum Gasteiger partial charge on any atom is 0.218 e. The predicted octanol–water partition coefficient (Wildman–Crippen LogP) is 4.10. The van der Waals surface area contributed by atoms with E-state index in [4.69, 9.17) is 23.2 Å². The third-order valence-electron chi connectivity index (χ3n) is 4.38. The maximum atomic E-state index is 12.8. The van der Waals surface area contributed by atoms with Gasteiger partial charge in [-0.25, -0.2) is 18.1 Å². The largest absolute Gasteiger partial charge is 0.223 e. The molecule has 0 saturated carbocycles. The summed E-state index contributed by atoms with van der Waals surface area (Å²) in [5.74, 6) is -0.151. The molecule has 3 aromatic rings. The van der Waals surface area contributed by atoms with Gasteiger partial charge in [-0.15, -0.1) is 0 Å². The summed E-state index contributed by atoms with van der Waals surface area (Å²) in [6.45, 7) is 1.84. The van der Waals surface area contributed by atoms with Crippen LogP contribution in [0.15, 0.2) is 55.1 Å². The van der Waals surface area contributed by atoms with Crippen LogP contribution >= 0.6 is 23.2 Å². The number of sulfonamides is 1. The Hall–Kier alpha value is -1.93. The lowest BCUT2D eigenvalue weighted by molar-refractivity contribution is 0.398. The number of hydrogen-bond acceptors (Lipinski definition) is 4. The molecule has 142 valence electrons. The first-order chi connectivity index (χ1) is 12.8. The van der Waals surface area contributed by atoms with Gasteiger partial charge in [0, 0.05) is 13.1 Å². The minimum Gasteiger partial charge on any atom is -0.223 e. The molecule has 2 aromatic carbocycles. The van der Waals surface area contributed by atoms with Gasteiger partial charge in [-0.1, -0.05) is 41.4 Å². The van der Waals surface area contributed by atoms with Crippen molar-refractivity contribution in [2.45, 2.75) is 18.7 Å². The molecule has 27 heavy (non-hydrogen) atoms. The second-order valence-electron chi connectivity index (χ2n) is 6.13. The molecule has 9 heteroatoms. The molecule has 3 rings (SSSR count). The van der Waals surface area contributed by atoms with Crippen molar-refractivity contribution in [2.75, 3.05) is 7.05 Å². The van der Waals surface area contributed by atoms with Crippen LogP contribution in [0.4, 0.5) is 0 Å². The van der Waals surface area contributed by atoms with Gasteiger partial charge in [-0.05, 0) is 42.3 Å². The molecule has 0 saturated heterocycles. The molecule has 0 fully saturated rings. The minimum absolute atomic E-state index is 0.151. The minimum atomic E-state index is -3.54. The zero-order valence-electron chi connectivity index (χ0n) is 14.8. The second kappa shape index (κ2) is 7.98. The second-order valence-corrected chi connectivity index (χ2v) is 8.97. The Morgan fingerprint density at radius 1 is 1.11 bits per heavy atom. The SMILES string of the molecule is CC(c1ccc(-n2cncn2)cc1)N(C)S(=O)(=O)Cc1ccc(Cl)c(Cl)c1. The first-order valence-corrected chi connectivity index (χ1v) is 10.5. The molecule has 0 aliphatic heterocycles. The maximum absolute atomic E-state index is 12.8. The van der Waals surface area contributed by atoms with Crippen LogP contribution < -0.4 is 0 Å². The summed E-state index contributed by atoms with van der Waals surface area (Å²) in [5, 5.41) is 4.81. The van der Waals surface area contributed by atoms with E-state index < -0.39 is 10.0 Å². The van der Waals surface area contributed by atoms with Crippen LogP contribution in [0.1, 0.15) is 24.1 Å². The first-order valence-electron chi connectivity index (χ1n) is 8.12. The summed E-state index contributed by atoms with van der Waals surface area (Å²) < 4.78 is 28.6. The molecule has 1 heterocycles. The van der Waals surface area contributed by atoms with E-state index in [0.717, 1.165) is 11.3 Å². The molecule has 0 N–H and O–H groups in total. The van der Waals surface area contributed by atoms with Crippen molar-refractivity contribution in [1.82, 2.24) is 19.1 Å². The zero-order valence-corrected chi connectivity index (χ0v) is 17.1. The van der Waals surface area contributed by atoms with E-state index in [0.29, 0.717) is 15.6 Å². The van der Waals surface area contributed by atoms with Crippen LogP contribution in [0.25, 0.3) is 5.69 Å². The van der Waals surface area contributed by atoms with Gasteiger partial charge < -0.3 is 0 Å². The molecule has 0 spiro atoms. The van der Waals surface area contributed by atoms with Crippen LogP contribution in [0.5, 0.6) is 0 Å². The van der Waals surface area contributed by atoms with Crippen molar-refractivity contribution in [1.29, 1.82) is 0 Å². The summed E-state index contributed by atoms with van der Waals surface area (Å²) in [4.78, 5) is 3.91. The molecule has 0 bridgehead atoms. The van der Waals surface area contributed by atoms with Gasteiger partial charge in [0.15, 0.2) is 0 Å². The highest BCUT2D eigenvalue weighted by Gasteiger charge is 2.25. The summed E-state index contributed by atoms with van der Waals surface area (Å²) in [6.07, 6.45) is 3.06. The van der Waals surface area contributed by atoms with Gasteiger partial charge in [-0.3, -0.25) is 0 Å². The number of halogens is 2. The summed E-state index contributed by atoms with van der Waals surface area (Å²) >= 11 is 11.9. The lowest BCUT2D eigenvalue weighted by Crippen LogP contribution is -2.30. The van der Waals surface area contributed by atoms with Crippen LogP contribution in [-0.4, -0.2) is 34.5 Å². The van der Waals surface area contributed by atoms with Crippen LogP contribution in [0, 0.1) is 0 Å².